The van der Waals surface area contributed by atoms with E-state index >= 15 is 0 Å². The number of hydrogen-bond donors (Lipinski definition) is 2. The third-order valence-electron chi connectivity index (χ3n) is 3.58. The maximum atomic E-state index is 12.2. The molecule has 20 heavy (non-hydrogen) atoms. The minimum atomic E-state index is 0.00295. The van der Waals surface area contributed by atoms with Crippen molar-refractivity contribution in [2.45, 2.75) is 0 Å². The number of anilines is 2. The van der Waals surface area contributed by atoms with Crippen LogP contribution in [0.15, 0.2) is 36.5 Å². The fourth-order valence-corrected chi connectivity index (χ4v) is 2.47. The summed E-state index contributed by atoms with van der Waals surface area (Å²) < 4.78 is 0. The highest BCUT2D eigenvalue weighted by Crippen LogP contribution is 2.23. The van der Waals surface area contributed by atoms with Crippen molar-refractivity contribution in [2.75, 3.05) is 36.8 Å². The van der Waals surface area contributed by atoms with E-state index in [1.165, 1.54) is 0 Å². The fourth-order valence-electron chi connectivity index (χ4n) is 2.47. The van der Waals surface area contributed by atoms with Crippen LogP contribution in [0.1, 0.15) is 10.5 Å². The minimum Gasteiger partial charge on any atom is -0.397 e. The molecule has 0 aliphatic carbocycles. The SMILES string of the molecule is Nc1ccccc1N1CCN(C(=O)c2ccn[nH]2)CC1. The number of nitrogens with two attached hydrogens (primary N) is 1. The van der Waals surface area contributed by atoms with E-state index in [2.05, 4.69) is 15.1 Å². The number of nitrogens with zero attached hydrogens (tertiary/aromatic N) is 3. The Bertz CT molecular complexity index is 587. The third-order valence-corrected chi connectivity index (χ3v) is 3.58. The third kappa shape index (κ3) is 2.32. The molecule has 104 valence electrons. The molecule has 0 radical (unpaired) electrons. The van der Waals surface area contributed by atoms with Gasteiger partial charge in [0.2, 0.25) is 0 Å². The first kappa shape index (κ1) is 12.5. The number of piperazine rings is 1. The van der Waals surface area contributed by atoms with Crippen LogP contribution in [-0.2, 0) is 0 Å². The zero-order valence-electron chi connectivity index (χ0n) is 11.1. The maximum absolute atomic E-state index is 12.2. The Morgan fingerprint density at radius 2 is 1.90 bits per heavy atom. The van der Waals surface area contributed by atoms with Gasteiger partial charge in [0.1, 0.15) is 5.69 Å². The van der Waals surface area contributed by atoms with Crippen molar-refractivity contribution in [3.63, 3.8) is 0 Å². The molecule has 1 aromatic carbocycles. The van der Waals surface area contributed by atoms with Crippen LogP contribution in [0, 0.1) is 0 Å². The number of hydrogen-bond acceptors (Lipinski definition) is 4. The Balaban J connectivity index is 1.65. The molecule has 0 atom stereocenters. The van der Waals surface area contributed by atoms with E-state index in [-0.39, 0.29) is 5.91 Å². The predicted octanol–water partition coefficient (Wildman–Crippen LogP) is 0.954. The molecule has 0 spiro atoms. The summed E-state index contributed by atoms with van der Waals surface area (Å²) in [6.07, 6.45) is 1.59. The van der Waals surface area contributed by atoms with Crippen LogP contribution in [0.5, 0.6) is 0 Å². The summed E-state index contributed by atoms with van der Waals surface area (Å²) in [5.74, 6) is 0.00295. The number of amides is 1. The summed E-state index contributed by atoms with van der Waals surface area (Å²) in [6.45, 7) is 2.94. The van der Waals surface area contributed by atoms with E-state index < -0.39 is 0 Å². The van der Waals surface area contributed by atoms with E-state index in [1.807, 2.05) is 29.2 Å². The molecule has 2 aromatic rings. The van der Waals surface area contributed by atoms with Gasteiger partial charge in [0.15, 0.2) is 0 Å². The van der Waals surface area contributed by atoms with Gasteiger partial charge < -0.3 is 15.5 Å². The Labute approximate surface area is 117 Å². The van der Waals surface area contributed by atoms with Crippen molar-refractivity contribution >= 4 is 17.3 Å². The second-order valence-corrected chi connectivity index (χ2v) is 4.81. The van der Waals surface area contributed by atoms with Crippen LogP contribution in [0.2, 0.25) is 0 Å². The summed E-state index contributed by atoms with van der Waals surface area (Å²) in [7, 11) is 0. The van der Waals surface area contributed by atoms with Crippen molar-refractivity contribution in [3.05, 3.63) is 42.2 Å². The van der Waals surface area contributed by atoms with Crippen LogP contribution in [-0.4, -0.2) is 47.2 Å². The highest BCUT2D eigenvalue weighted by atomic mass is 16.2. The van der Waals surface area contributed by atoms with Crippen molar-refractivity contribution in [2.24, 2.45) is 0 Å². The van der Waals surface area contributed by atoms with Gasteiger partial charge in [0, 0.05) is 32.4 Å². The van der Waals surface area contributed by atoms with Crippen LogP contribution in [0.25, 0.3) is 0 Å². The first-order chi connectivity index (χ1) is 9.75. The number of carbonyl (C=O) groups excluding carboxylic acids is 1. The summed E-state index contributed by atoms with van der Waals surface area (Å²) in [5.41, 5.74) is 8.35. The molecule has 0 unspecified atom stereocenters. The van der Waals surface area contributed by atoms with Crippen LogP contribution >= 0.6 is 0 Å². The van der Waals surface area contributed by atoms with Gasteiger partial charge in [-0.3, -0.25) is 9.89 Å². The lowest BCUT2D eigenvalue weighted by Crippen LogP contribution is -2.49. The lowest BCUT2D eigenvalue weighted by molar-refractivity contribution is 0.0741. The van der Waals surface area contributed by atoms with Crippen molar-refractivity contribution in [3.8, 4) is 0 Å². The molecule has 1 saturated heterocycles. The molecule has 2 heterocycles. The second-order valence-electron chi connectivity index (χ2n) is 4.81. The molecular formula is C14H17N5O. The smallest absolute Gasteiger partial charge is 0.271 e. The van der Waals surface area contributed by atoms with Gasteiger partial charge in [-0.2, -0.15) is 5.10 Å². The molecule has 1 fully saturated rings. The number of para-hydroxylation sites is 2. The van der Waals surface area contributed by atoms with Crippen LogP contribution in [0.3, 0.4) is 0 Å². The molecule has 6 nitrogen and oxygen atoms in total. The Morgan fingerprint density at radius 3 is 2.55 bits per heavy atom. The molecule has 6 heteroatoms. The largest absolute Gasteiger partial charge is 0.397 e. The lowest BCUT2D eigenvalue weighted by atomic mass is 10.2. The van der Waals surface area contributed by atoms with E-state index in [1.54, 1.807) is 12.3 Å². The first-order valence-electron chi connectivity index (χ1n) is 6.64. The standard InChI is InChI=1S/C14H17N5O/c15-11-3-1-2-4-13(11)18-7-9-19(10-8-18)14(20)12-5-6-16-17-12/h1-6H,7-10,15H2,(H,16,17). The van der Waals surface area contributed by atoms with Crippen LogP contribution < -0.4 is 10.6 Å². The van der Waals surface area contributed by atoms with Gasteiger partial charge in [-0.1, -0.05) is 12.1 Å². The maximum Gasteiger partial charge on any atom is 0.271 e. The van der Waals surface area contributed by atoms with Gasteiger partial charge in [0.05, 0.1) is 11.4 Å². The fraction of sp³-hybridized carbons (Fsp3) is 0.286. The van der Waals surface area contributed by atoms with Gasteiger partial charge in [-0.05, 0) is 18.2 Å². The number of aromatic amines is 1. The number of aromatic nitrogens is 2. The van der Waals surface area contributed by atoms with Gasteiger partial charge in [0.25, 0.3) is 5.91 Å². The zero-order chi connectivity index (χ0) is 13.9. The number of benzene rings is 1. The minimum absolute atomic E-state index is 0.00295. The first-order valence-corrected chi connectivity index (χ1v) is 6.64. The molecular weight excluding hydrogens is 254 g/mol. The number of nitrogens with one attached hydrogen (secondary N) is 1. The second kappa shape index (κ2) is 5.24. The van der Waals surface area contributed by atoms with Crippen LogP contribution in [0.4, 0.5) is 11.4 Å². The number of H-pyrrole nitrogens is 1. The predicted molar refractivity (Wildman–Crippen MR) is 77.6 cm³/mol. The van der Waals surface area contributed by atoms with E-state index in [9.17, 15) is 4.79 Å². The Kier molecular flexibility index (Phi) is 3.28. The lowest BCUT2D eigenvalue weighted by Gasteiger charge is -2.36. The monoisotopic (exact) mass is 271 g/mol. The van der Waals surface area contributed by atoms with Gasteiger partial charge in [-0.15, -0.1) is 0 Å². The Morgan fingerprint density at radius 1 is 1.15 bits per heavy atom. The summed E-state index contributed by atoms with van der Waals surface area (Å²) in [6, 6.07) is 9.52. The molecule has 0 saturated carbocycles. The summed E-state index contributed by atoms with van der Waals surface area (Å²) >= 11 is 0. The highest BCUT2D eigenvalue weighted by molar-refractivity contribution is 5.92. The van der Waals surface area contributed by atoms with E-state index in [0.717, 1.165) is 24.5 Å². The molecule has 1 aromatic heterocycles. The topological polar surface area (TPSA) is 78.2 Å². The average molecular weight is 271 g/mol. The number of nitrogen functional groups attached to an aromatic ring is 1. The van der Waals surface area contributed by atoms with Crippen molar-refractivity contribution < 1.29 is 4.79 Å². The molecule has 1 aliphatic heterocycles. The molecule has 0 bridgehead atoms. The van der Waals surface area contributed by atoms with Crippen molar-refractivity contribution in [1.29, 1.82) is 0 Å². The number of carbonyl (C=O) groups is 1. The highest BCUT2D eigenvalue weighted by Gasteiger charge is 2.23. The molecule has 3 N–H and O–H groups in total. The Hall–Kier alpha value is -2.50. The average Bonchev–Trinajstić information content (AvgIpc) is 3.01. The summed E-state index contributed by atoms with van der Waals surface area (Å²) in [5, 5.41) is 6.52. The molecule has 1 amide bonds. The quantitative estimate of drug-likeness (QED) is 0.797. The van der Waals surface area contributed by atoms with Crippen molar-refractivity contribution in [1.82, 2.24) is 15.1 Å². The number of rotatable bonds is 2. The van der Waals surface area contributed by atoms with Gasteiger partial charge in [-0.25, -0.2) is 0 Å². The zero-order valence-corrected chi connectivity index (χ0v) is 11.1. The van der Waals surface area contributed by atoms with Gasteiger partial charge >= 0.3 is 0 Å². The normalized spacial score (nSPS) is 15.4. The summed E-state index contributed by atoms with van der Waals surface area (Å²) in [4.78, 5) is 16.2. The molecule has 1 aliphatic rings. The molecule has 3 rings (SSSR count). The van der Waals surface area contributed by atoms with E-state index in [0.29, 0.717) is 18.8 Å². The van der Waals surface area contributed by atoms with E-state index in [4.69, 9.17) is 5.73 Å².